The number of hydrogen-bond acceptors (Lipinski definition) is 9. The van der Waals surface area contributed by atoms with Crippen molar-refractivity contribution in [2.45, 2.75) is 18.3 Å². The van der Waals surface area contributed by atoms with Crippen molar-refractivity contribution in [3.63, 3.8) is 0 Å². The Bertz CT molecular complexity index is 649. The molecule has 4 heterocycles. The molecule has 3 atom stereocenters. The van der Waals surface area contributed by atoms with E-state index in [-0.39, 0.29) is 38.1 Å². The lowest BCUT2D eigenvalue weighted by molar-refractivity contribution is -0.0176. The highest BCUT2D eigenvalue weighted by molar-refractivity contribution is 4.75. The Morgan fingerprint density at radius 2 is 0.917 bits per heavy atom. The van der Waals surface area contributed by atoms with Crippen LogP contribution in [0.1, 0.15) is 0 Å². The molecule has 3 unspecified atom stereocenters. The predicted molar refractivity (Wildman–Crippen MR) is 72.8 cm³/mol. The zero-order chi connectivity index (χ0) is 16.7. The minimum atomic E-state index is -1.06. The summed E-state index contributed by atoms with van der Waals surface area (Å²) < 4.78 is 16.1. The maximum Gasteiger partial charge on any atom is 0.403 e. The molecule has 0 saturated carbocycles. The molecular weight excluding hydrogens is 330 g/mol. The van der Waals surface area contributed by atoms with Crippen LogP contribution in [0.4, 0.5) is 0 Å². The highest BCUT2D eigenvalue weighted by Gasteiger charge is 2.29. The Kier molecular flexibility index (Phi) is 3.78. The summed E-state index contributed by atoms with van der Waals surface area (Å²) in [5.74, 6) is 0. The molecule has 0 aromatic carbocycles. The Morgan fingerprint density at radius 1 is 0.667 bits per heavy atom. The van der Waals surface area contributed by atoms with E-state index in [9.17, 15) is 14.4 Å². The maximum atomic E-state index is 12.3. The normalized spacial score (nSPS) is 26.8. The summed E-state index contributed by atoms with van der Waals surface area (Å²) >= 11 is 0. The van der Waals surface area contributed by atoms with Gasteiger partial charge in [-0.2, -0.15) is 0 Å². The minimum Gasteiger partial charge on any atom is -0.402 e. The van der Waals surface area contributed by atoms with Gasteiger partial charge in [0.2, 0.25) is 0 Å². The molecular formula is C12H15N3O9. The molecule has 1 aromatic heterocycles. The van der Waals surface area contributed by atoms with E-state index in [0.717, 1.165) is 0 Å². The van der Waals surface area contributed by atoms with Crippen molar-refractivity contribution >= 4 is 0 Å². The number of rotatable bonds is 9. The first-order valence-electron chi connectivity index (χ1n) is 7.39. The summed E-state index contributed by atoms with van der Waals surface area (Å²) in [6.45, 7) is 1.41. The topological polar surface area (TPSA) is 131 Å². The summed E-state index contributed by atoms with van der Waals surface area (Å²) in [5.41, 5.74) is -3.18. The number of epoxide rings is 3. The number of nitrogens with zero attached hydrogens (tertiary/aromatic N) is 3. The van der Waals surface area contributed by atoms with Crippen LogP contribution in [0.5, 0.6) is 0 Å². The van der Waals surface area contributed by atoms with Crippen LogP contribution in [0, 0.1) is 0 Å². The molecule has 3 aliphatic rings. The fourth-order valence-corrected chi connectivity index (χ4v) is 1.79. The van der Waals surface area contributed by atoms with E-state index in [1.54, 1.807) is 0 Å². The SMILES string of the molecule is O=c1n(OCC2CO2)c(=O)n(OCC2CO2)c(=O)n1OCC1CO1. The van der Waals surface area contributed by atoms with Crippen molar-refractivity contribution in [1.82, 2.24) is 14.2 Å². The molecule has 3 aliphatic heterocycles. The lowest BCUT2D eigenvalue weighted by atomic mass is 10.5. The third-order valence-electron chi connectivity index (χ3n) is 3.42. The summed E-state index contributed by atoms with van der Waals surface area (Å²) in [6, 6.07) is 0. The third kappa shape index (κ3) is 3.29. The average molecular weight is 345 g/mol. The molecule has 132 valence electrons. The molecule has 3 saturated heterocycles. The molecule has 3 fully saturated rings. The van der Waals surface area contributed by atoms with E-state index in [0.29, 0.717) is 34.0 Å². The summed E-state index contributed by atoms with van der Waals surface area (Å²) in [4.78, 5) is 52.2. The van der Waals surface area contributed by atoms with Crippen molar-refractivity contribution in [2.75, 3.05) is 39.6 Å². The average Bonchev–Trinajstić information content (AvgIpc) is 3.40. The molecule has 0 aliphatic carbocycles. The molecule has 0 bridgehead atoms. The number of ether oxygens (including phenoxy) is 3. The minimum absolute atomic E-state index is 0.00910. The Balaban J connectivity index is 1.64. The van der Waals surface area contributed by atoms with Crippen LogP contribution in [-0.2, 0) is 14.2 Å². The van der Waals surface area contributed by atoms with E-state index in [2.05, 4.69) is 0 Å². The fourth-order valence-electron chi connectivity index (χ4n) is 1.79. The molecule has 1 aromatic rings. The van der Waals surface area contributed by atoms with Crippen LogP contribution in [0.25, 0.3) is 0 Å². The van der Waals surface area contributed by atoms with Gasteiger partial charge in [0.05, 0.1) is 19.8 Å². The molecule has 12 nitrogen and oxygen atoms in total. The number of hydrogen-bond donors (Lipinski definition) is 0. The van der Waals surface area contributed by atoms with E-state index in [1.165, 1.54) is 0 Å². The quantitative estimate of drug-likeness (QED) is 0.407. The van der Waals surface area contributed by atoms with Gasteiger partial charge in [0, 0.05) is 0 Å². The van der Waals surface area contributed by atoms with Gasteiger partial charge in [-0.1, -0.05) is 14.2 Å². The molecule has 12 heteroatoms. The van der Waals surface area contributed by atoms with E-state index in [4.69, 9.17) is 28.7 Å². The lowest BCUT2D eigenvalue weighted by Crippen LogP contribution is -2.60. The Hall–Kier alpha value is -2.31. The van der Waals surface area contributed by atoms with Crippen LogP contribution < -0.4 is 31.6 Å². The Labute approximate surface area is 133 Å². The van der Waals surface area contributed by atoms with E-state index in [1.807, 2.05) is 0 Å². The van der Waals surface area contributed by atoms with Crippen molar-refractivity contribution < 1.29 is 28.7 Å². The second-order valence-electron chi connectivity index (χ2n) is 5.48. The predicted octanol–water partition coefficient (Wildman–Crippen LogP) is -4.35. The van der Waals surface area contributed by atoms with Crippen molar-refractivity contribution in [3.8, 4) is 0 Å². The standard InChI is InChI=1S/C12H15N3O9/c16-10-13(22-4-7-1-19-7)11(17)15(24-6-9-3-21-9)12(18)14(10)23-5-8-2-20-8/h7-9H,1-6H2. The summed E-state index contributed by atoms with van der Waals surface area (Å²) in [6.07, 6.45) is -0.565. The van der Waals surface area contributed by atoms with Gasteiger partial charge in [-0.25, -0.2) is 14.4 Å². The van der Waals surface area contributed by atoms with Gasteiger partial charge < -0.3 is 28.7 Å². The molecule has 0 N–H and O–H groups in total. The van der Waals surface area contributed by atoms with Crippen LogP contribution in [-0.4, -0.2) is 72.1 Å². The van der Waals surface area contributed by atoms with Gasteiger partial charge >= 0.3 is 17.1 Å². The largest absolute Gasteiger partial charge is 0.403 e. The maximum absolute atomic E-state index is 12.3. The summed E-state index contributed by atoms with van der Waals surface area (Å²) in [7, 11) is 0. The summed E-state index contributed by atoms with van der Waals surface area (Å²) in [5, 5.41) is 0. The van der Waals surface area contributed by atoms with E-state index >= 15 is 0 Å². The first-order valence-corrected chi connectivity index (χ1v) is 7.39. The van der Waals surface area contributed by atoms with Crippen molar-refractivity contribution in [2.24, 2.45) is 0 Å². The van der Waals surface area contributed by atoms with E-state index < -0.39 is 17.1 Å². The van der Waals surface area contributed by atoms with Gasteiger partial charge in [0.25, 0.3) is 0 Å². The highest BCUT2D eigenvalue weighted by Crippen LogP contribution is 2.07. The smallest absolute Gasteiger partial charge is 0.402 e. The van der Waals surface area contributed by atoms with Gasteiger partial charge in [-0.3, -0.25) is 0 Å². The van der Waals surface area contributed by atoms with Crippen LogP contribution in [0.3, 0.4) is 0 Å². The molecule has 0 spiro atoms. The van der Waals surface area contributed by atoms with Crippen LogP contribution >= 0.6 is 0 Å². The third-order valence-corrected chi connectivity index (χ3v) is 3.42. The van der Waals surface area contributed by atoms with Gasteiger partial charge in [-0.05, 0) is 0 Å². The van der Waals surface area contributed by atoms with Gasteiger partial charge in [-0.15, -0.1) is 0 Å². The molecule has 0 amide bonds. The van der Waals surface area contributed by atoms with Crippen LogP contribution in [0.15, 0.2) is 14.4 Å². The first kappa shape index (κ1) is 15.2. The van der Waals surface area contributed by atoms with Crippen LogP contribution in [0.2, 0.25) is 0 Å². The highest BCUT2D eigenvalue weighted by atomic mass is 16.7. The monoisotopic (exact) mass is 345 g/mol. The molecule has 24 heavy (non-hydrogen) atoms. The van der Waals surface area contributed by atoms with Gasteiger partial charge in [0.1, 0.15) is 38.1 Å². The van der Waals surface area contributed by atoms with Gasteiger partial charge in [0.15, 0.2) is 0 Å². The molecule has 0 radical (unpaired) electrons. The number of aromatic nitrogens is 3. The Morgan fingerprint density at radius 3 is 1.12 bits per heavy atom. The van der Waals surface area contributed by atoms with Crippen molar-refractivity contribution in [3.05, 3.63) is 31.5 Å². The second-order valence-corrected chi connectivity index (χ2v) is 5.48. The first-order chi connectivity index (χ1) is 11.6. The zero-order valence-electron chi connectivity index (χ0n) is 12.5. The van der Waals surface area contributed by atoms with Crippen molar-refractivity contribution in [1.29, 1.82) is 0 Å². The zero-order valence-corrected chi connectivity index (χ0v) is 12.5. The fraction of sp³-hybridized carbons (Fsp3) is 0.750. The lowest BCUT2D eigenvalue weighted by Gasteiger charge is -2.13. The second kappa shape index (κ2) is 5.96. The molecule has 4 rings (SSSR count).